The summed E-state index contributed by atoms with van der Waals surface area (Å²) in [5.74, 6) is 0.882. The number of rotatable bonds is 4. The van der Waals surface area contributed by atoms with Crippen molar-refractivity contribution in [1.82, 2.24) is 25.3 Å². The van der Waals surface area contributed by atoms with Gasteiger partial charge in [0.15, 0.2) is 0 Å². The van der Waals surface area contributed by atoms with Crippen LogP contribution in [0, 0.1) is 25.7 Å². The molecular weight excluding hydrogens is 366 g/mol. The molecule has 2 N–H and O–H groups in total. The van der Waals surface area contributed by atoms with Gasteiger partial charge >= 0.3 is 0 Å². The van der Waals surface area contributed by atoms with Crippen LogP contribution in [-0.4, -0.2) is 58.2 Å². The fourth-order valence-corrected chi connectivity index (χ4v) is 5.14. The molecular formula is C19H30ClN5O2. The third-order valence-corrected chi connectivity index (χ3v) is 6.24. The number of nitrogens with zero attached hydrogens (tertiary/aromatic N) is 3. The van der Waals surface area contributed by atoms with Crippen LogP contribution in [0.3, 0.4) is 0 Å². The van der Waals surface area contributed by atoms with E-state index >= 15 is 0 Å². The van der Waals surface area contributed by atoms with Crippen molar-refractivity contribution >= 4 is 24.2 Å². The summed E-state index contributed by atoms with van der Waals surface area (Å²) in [6.45, 7) is 6.97. The number of halogens is 1. The van der Waals surface area contributed by atoms with Gasteiger partial charge in [-0.3, -0.25) is 14.3 Å². The van der Waals surface area contributed by atoms with E-state index in [1.54, 1.807) is 0 Å². The average molecular weight is 396 g/mol. The molecule has 4 atom stereocenters. The van der Waals surface area contributed by atoms with Gasteiger partial charge in [0, 0.05) is 37.2 Å². The molecule has 4 heterocycles. The number of amides is 2. The normalized spacial score (nSPS) is 29.7. The highest BCUT2D eigenvalue weighted by atomic mass is 35.5. The highest BCUT2D eigenvalue weighted by molar-refractivity contribution is 5.89. The van der Waals surface area contributed by atoms with Crippen molar-refractivity contribution in [2.45, 2.75) is 58.2 Å². The summed E-state index contributed by atoms with van der Waals surface area (Å²) in [6.07, 6.45) is 3.61. The standard InChI is InChI=1S/C19H29N5O2.ClH/c1-12-8-13(2)23(22-12)7-6-21-19(26)18-15-9-14(10-20-11-15)16-4-3-5-17(25)24(16)18;/h8,14-16,18,20H,3-7,9-11H2,1-2H3,(H,21,26);1H/t14-,15+,16+,18-;/m1./s1. The minimum absolute atomic E-state index is 0. The van der Waals surface area contributed by atoms with Crippen LogP contribution in [0.2, 0.25) is 0 Å². The van der Waals surface area contributed by atoms with Gasteiger partial charge in [0.25, 0.3) is 0 Å². The Hall–Kier alpha value is -1.60. The fraction of sp³-hybridized carbons (Fsp3) is 0.737. The lowest BCUT2D eigenvalue weighted by Crippen LogP contribution is -2.68. The number of hydrogen-bond acceptors (Lipinski definition) is 4. The maximum atomic E-state index is 13.0. The van der Waals surface area contributed by atoms with Crippen molar-refractivity contribution in [3.63, 3.8) is 0 Å². The topological polar surface area (TPSA) is 79.3 Å². The molecule has 3 aliphatic heterocycles. The van der Waals surface area contributed by atoms with Gasteiger partial charge in [-0.05, 0) is 51.6 Å². The molecule has 8 heteroatoms. The minimum atomic E-state index is -0.322. The van der Waals surface area contributed by atoms with Crippen LogP contribution in [0.1, 0.15) is 37.1 Å². The van der Waals surface area contributed by atoms with E-state index in [0.717, 1.165) is 43.7 Å². The largest absolute Gasteiger partial charge is 0.352 e. The molecule has 27 heavy (non-hydrogen) atoms. The van der Waals surface area contributed by atoms with E-state index in [9.17, 15) is 9.59 Å². The van der Waals surface area contributed by atoms with Crippen molar-refractivity contribution in [2.24, 2.45) is 11.8 Å². The number of aromatic nitrogens is 2. The predicted octanol–water partition coefficient (Wildman–Crippen LogP) is 1.03. The van der Waals surface area contributed by atoms with E-state index in [2.05, 4.69) is 15.7 Å². The first-order valence-electron chi connectivity index (χ1n) is 9.85. The molecule has 3 fully saturated rings. The van der Waals surface area contributed by atoms with Crippen LogP contribution in [0.25, 0.3) is 0 Å². The highest BCUT2D eigenvalue weighted by Crippen LogP contribution is 2.39. The van der Waals surface area contributed by atoms with Crippen LogP contribution in [0.15, 0.2) is 6.07 Å². The molecule has 0 spiro atoms. The second kappa shape index (κ2) is 8.19. The van der Waals surface area contributed by atoms with E-state index < -0.39 is 0 Å². The Morgan fingerprint density at radius 1 is 1.33 bits per heavy atom. The summed E-state index contributed by atoms with van der Waals surface area (Å²) in [5, 5.41) is 11.0. The molecule has 0 aliphatic carbocycles. The Morgan fingerprint density at radius 2 is 2.11 bits per heavy atom. The molecule has 150 valence electrons. The third kappa shape index (κ3) is 3.85. The second-order valence-corrected chi connectivity index (χ2v) is 8.06. The molecule has 1 aromatic heterocycles. The van der Waals surface area contributed by atoms with Gasteiger partial charge in [-0.25, -0.2) is 0 Å². The summed E-state index contributed by atoms with van der Waals surface area (Å²) in [7, 11) is 0. The van der Waals surface area contributed by atoms with Crippen LogP contribution < -0.4 is 10.6 Å². The van der Waals surface area contributed by atoms with Gasteiger partial charge in [0.2, 0.25) is 11.8 Å². The number of hydrogen-bond donors (Lipinski definition) is 2. The Labute approximate surface area is 166 Å². The fourth-order valence-electron chi connectivity index (χ4n) is 5.14. The molecule has 2 amide bonds. The van der Waals surface area contributed by atoms with Crippen molar-refractivity contribution in [3.8, 4) is 0 Å². The monoisotopic (exact) mass is 395 g/mol. The van der Waals surface area contributed by atoms with Gasteiger partial charge in [-0.15, -0.1) is 12.4 Å². The van der Waals surface area contributed by atoms with Crippen LogP contribution in [-0.2, 0) is 16.1 Å². The number of piperidine rings is 3. The summed E-state index contributed by atoms with van der Waals surface area (Å²) in [5.41, 5.74) is 2.09. The number of carbonyl (C=O) groups excluding carboxylic acids is 2. The number of nitrogens with one attached hydrogen (secondary N) is 2. The number of fused-ring (bicyclic) bond motifs is 4. The molecule has 0 aromatic carbocycles. The van der Waals surface area contributed by atoms with E-state index in [4.69, 9.17) is 0 Å². The Kier molecular flexibility index (Phi) is 6.11. The third-order valence-electron chi connectivity index (χ3n) is 6.24. The molecule has 4 rings (SSSR count). The summed E-state index contributed by atoms with van der Waals surface area (Å²) >= 11 is 0. The van der Waals surface area contributed by atoms with E-state index in [1.165, 1.54) is 0 Å². The minimum Gasteiger partial charge on any atom is -0.352 e. The maximum Gasteiger partial charge on any atom is 0.243 e. The van der Waals surface area contributed by atoms with Crippen LogP contribution >= 0.6 is 12.4 Å². The summed E-state index contributed by atoms with van der Waals surface area (Å²) < 4.78 is 1.92. The van der Waals surface area contributed by atoms with Crippen molar-refractivity contribution in [3.05, 3.63) is 17.5 Å². The van der Waals surface area contributed by atoms with Crippen molar-refractivity contribution in [1.29, 1.82) is 0 Å². The summed E-state index contributed by atoms with van der Waals surface area (Å²) in [4.78, 5) is 27.6. The molecule has 3 saturated heterocycles. The smallest absolute Gasteiger partial charge is 0.243 e. The molecule has 3 aliphatic rings. The zero-order valence-electron chi connectivity index (χ0n) is 16.1. The predicted molar refractivity (Wildman–Crippen MR) is 105 cm³/mol. The van der Waals surface area contributed by atoms with Crippen LogP contribution in [0.5, 0.6) is 0 Å². The first-order valence-corrected chi connectivity index (χ1v) is 9.85. The molecule has 0 unspecified atom stereocenters. The molecule has 2 bridgehead atoms. The molecule has 0 radical (unpaired) electrons. The highest BCUT2D eigenvalue weighted by Gasteiger charge is 2.50. The lowest BCUT2D eigenvalue weighted by Gasteiger charge is -2.53. The molecule has 1 aromatic rings. The quantitative estimate of drug-likeness (QED) is 0.798. The first kappa shape index (κ1) is 20.1. The Balaban J connectivity index is 0.00000210. The van der Waals surface area contributed by atoms with Crippen molar-refractivity contribution < 1.29 is 9.59 Å². The van der Waals surface area contributed by atoms with Gasteiger partial charge in [-0.2, -0.15) is 5.10 Å². The number of carbonyl (C=O) groups is 2. The second-order valence-electron chi connectivity index (χ2n) is 8.06. The zero-order valence-corrected chi connectivity index (χ0v) is 16.9. The lowest BCUT2D eigenvalue weighted by molar-refractivity contribution is -0.157. The van der Waals surface area contributed by atoms with Gasteiger partial charge in [0.05, 0.1) is 12.2 Å². The van der Waals surface area contributed by atoms with Crippen LogP contribution in [0.4, 0.5) is 0 Å². The SMILES string of the molecule is Cc1cc(C)n(CCNC(=O)[C@H]2[C@@H]3CNC[C@@H](C3)[C@@H]3CCCC(=O)N32)n1.Cl. The van der Waals surface area contributed by atoms with E-state index in [0.29, 0.717) is 25.4 Å². The molecule has 7 nitrogen and oxygen atoms in total. The lowest BCUT2D eigenvalue weighted by atomic mass is 9.72. The molecule has 0 saturated carbocycles. The Bertz CT molecular complexity index is 706. The van der Waals surface area contributed by atoms with Gasteiger partial charge < -0.3 is 15.5 Å². The summed E-state index contributed by atoms with van der Waals surface area (Å²) in [6, 6.07) is 1.94. The number of aryl methyl sites for hydroxylation is 2. The van der Waals surface area contributed by atoms with Gasteiger partial charge in [0.1, 0.15) is 6.04 Å². The first-order chi connectivity index (χ1) is 12.5. The van der Waals surface area contributed by atoms with Gasteiger partial charge in [-0.1, -0.05) is 0 Å². The average Bonchev–Trinajstić information content (AvgIpc) is 2.94. The maximum absolute atomic E-state index is 13.0. The zero-order chi connectivity index (χ0) is 18.3. The van der Waals surface area contributed by atoms with E-state index in [-0.39, 0.29) is 42.2 Å². The van der Waals surface area contributed by atoms with E-state index in [1.807, 2.05) is 29.5 Å². The Morgan fingerprint density at radius 3 is 2.85 bits per heavy atom. The van der Waals surface area contributed by atoms with Crippen molar-refractivity contribution in [2.75, 3.05) is 19.6 Å².